The van der Waals surface area contributed by atoms with E-state index in [4.69, 9.17) is 4.42 Å². The van der Waals surface area contributed by atoms with Crippen LogP contribution < -0.4 is 10.9 Å². The minimum Gasteiger partial charge on any atom is -0.423 e. The van der Waals surface area contributed by atoms with Gasteiger partial charge in [0.1, 0.15) is 5.58 Å². The molecule has 0 unspecified atom stereocenters. The molecule has 0 aliphatic heterocycles. The number of amides is 1. The van der Waals surface area contributed by atoms with Crippen molar-refractivity contribution >= 4 is 16.9 Å². The second kappa shape index (κ2) is 6.75. The fourth-order valence-electron chi connectivity index (χ4n) is 2.44. The second-order valence-electron chi connectivity index (χ2n) is 5.72. The van der Waals surface area contributed by atoms with Gasteiger partial charge < -0.3 is 9.73 Å². The zero-order valence-corrected chi connectivity index (χ0v) is 13.5. The lowest BCUT2D eigenvalue weighted by Crippen LogP contribution is -2.33. The van der Waals surface area contributed by atoms with Gasteiger partial charge in [-0.15, -0.1) is 0 Å². The van der Waals surface area contributed by atoms with Crippen molar-refractivity contribution < 1.29 is 9.21 Å². The number of aryl methyl sites for hydroxylation is 1. The Labute approximate surface area is 129 Å². The monoisotopic (exact) mass is 302 g/mol. The molecule has 2 aromatic rings. The van der Waals surface area contributed by atoms with Crippen molar-refractivity contribution in [3.05, 3.63) is 45.8 Å². The summed E-state index contributed by atoms with van der Waals surface area (Å²) in [6.45, 7) is 4.60. The Hall–Kier alpha value is -2.14. The minimum absolute atomic E-state index is 0.0273. The molecule has 0 spiro atoms. The van der Waals surface area contributed by atoms with E-state index in [1.807, 2.05) is 39.1 Å². The molecule has 1 N–H and O–H groups in total. The molecule has 22 heavy (non-hydrogen) atoms. The van der Waals surface area contributed by atoms with E-state index in [1.165, 1.54) is 6.07 Å². The zero-order chi connectivity index (χ0) is 16.3. The number of carbonyl (C=O) groups is 1. The molecule has 0 saturated heterocycles. The first-order chi connectivity index (χ1) is 10.4. The normalized spacial score (nSPS) is 12.6. The van der Waals surface area contributed by atoms with Crippen molar-refractivity contribution in [2.24, 2.45) is 0 Å². The van der Waals surface area contributed by atoms with Crippen LogP contribution in [0.2, 0.25) is 0 Å². The maximum Gasteiger partial charge on any atom is 0.336 e. The number of nitrogens with zero attached hydrogens (tertiary/aromatic N) is 1. The van der Waals surface area contributed by atoms with Crippen LogP contribution in [0.5, 0.6) is 0 Å². The van der Waals surface area contributed by atoms with E-state index in [2.05, 4.69) is 10.2 Å². The Bertz CT molecular complexity index is 736. The third-order valence-electron chi connectivity index (χ3n) is 3.96. The molecule has 0 fully saturated rings. The van der Waals surface area contributed by atoms with Gasteiger partial charge in [-0.25, -0.2) is 4.79 Å². The standard InChI is InChI=1S/C17H22N2O3/c1-11-7-17(21)22-15-9-13(5-6-14(11)15)10-19(4)12(2)8-16(20)18-3/h5-7,9,12H,8,10H2,1-4H3,(H,18,20)/t12-/m1/s1. The fraction of sp³-hybridized carbons (Fsp3) is 0.412. The van der Waals surface area contributed by atoms with Crippen molar-refractivity contribution in [3.63, 3.8) is 0 Å². The highest BCUT2D eigenvalue weighted by atomic mass is 16.4. The van der Waals surface area contributed by atoms with Crippen LogP contribution in [0.15, 0.2) is 33.5 Å². The summed E-state index contributed by atoms with van der Waals surface area (Å²) in [5.74, 6) is 0.0273. The number of benzene rings is 1. The van der Waals surface area contributed by atoms with Gasteiger partial charge in [-0.2, -0.15) is 0 Å². The lowest BCUT2D eigenvalue weighted by molar-refractivity contribution is -0.121. The molecule has 0 radical (unpaired) electrons. The first-order valence-electron chi connectivity index (χ1n) is 7.35. The zero-order valence-electron chi connectivity index (χ0n) is 13.5. The molecule has 1 amide bonds. The summed E-state index contributed by atoms with van der Waals surface area (Å²) in [5.41, 5.74) is 2.24. The van der Waals surface area contributed by atoms with Gasteiger partial charge >= 0.3 is 5.63 Å². The number of nitrogens with one attached hydrogen (secondary N) is 1. The van der Waals surface area contributed by atoms with Crippen molar-refractivity contribution in [2.75, 3.05) is 14.1 Å². The maximum absolute atomic E-state index is 11.5. The van der Waals surface area contributed by atoms with E-state index in [1.54, 1.807) is 7.05 Å². The molecule has 1 atom stereocenters. The van der Waals surface area contributed by atoms with Crippen LogP contribution in [-0.4, -0.2) is 30.9 Å². The molecule has 1 aromatic heterocycles. The molecular weight excluding hydrogens is 280 g/mol. The molecule has 1 heterocycles. The van der Waals surface area contributed by atoms with E-state index in [0.29, 0.717) is 18.5 Å². The Morgan fingerprint density at radius 2 is 2.09 bits per heavy atom. The minimum atomic E-state index is -0.330. The van der Waals surface area contributed by atoms with Gasteiger partial charge in [-0.05, 0) is 38.1 Å². The summed E-state index contributed by atoms with van der Waals surface area (Å²) in [7, 11) is 3.62. The molecule has 5 heteroatoms. The molecule has 5 nitrogen and oxygen atoms in total. The highest BCUT2D eigenvalue weighted by Crippen LogP contribution is 2.19. The van der Waals surface area contributed by atoms with Crippen molar-refractivity contribution in [3.8, 4) is 0 Å². The number of carbonyl (C=O) groups excluding carboxylic acids is 1. The van der Waals surface area contributed by atoms with Gasteiger partial charge in [0.05, 0.1) is 0 Å². The van der Waals surface area contributed by atoms with E-state index in [0.717, 1.165) is 16.5 Å². The molecule has 0 bridgehead atoms. The third-order valence-corrected chi connectivity index (χ3v) is 3.96. The Balaban J connectivity index is 2.18. The van der Waals surface area contributed by atoms with Crippen LogP contribution in [0, 0.1) is 6.92 Å². The third kappa shape index (κ3) is 3.74. The number of fused-ring (bicyclic) bond motifs is 1. The summed E-state index contributed by atoms with van der Waals surface area (Å²) < 4.78 is 5.27. The fourth-order valence-corrected chi connectivity index (χ4v) is 2.44. The van der Waals surface area contributed by atoms with Crippen LogP contribution in [0.3, 0.4) is 0 Å². The molecular formula is C17H22N2O3. The van der Waals surface area contributed by atoms with E-state index >= 15 is 0 Å². The van der Waals surface area contributed by atoms with Gasteiger partial charge in [0.15, 0.2) is 0 Å². The van der Waals surface area contributed by atoms with Crippen LogP contribution in [0.25, 0.3) is 11.0 Å². The summed E-state index contributed by atoms with van der Waals surface area (Å²) >= 11 is 0. The summed E-state index contributed by atoms with van der Waals surface area (Å²) in [6, 6.07) is 7.52. The second-order valence-corrected chi connectivity index (χ2v) is 5.72. The van der Waals surface area contributed by atoms with Crippen molar-refractivity contribution in [1.82, 2.24) is 10.2 Å². The predicted octanol–water partition coefficient (Wildman–Crippen LogP) is 2.06. The predicted molar refractivity (Wildman–Crippen MR) is 86.8 cm³/mol. The van der Waals surface area contributed by atoms with Gasteiger partial charge in [0.25, 0.3) is 0 Å². The molecule has 0 aliphatic rings. The van der Waals surface area contributed by atoms with Crippen LogP contribution in [-0.2, 0) is 11.3 Å². The number of hydrogen-bond donors (Lipinski definition) is 1. The van der Waals surface area contributed by atoms with Crippen LogP contribution in [0.1, 0.15) is 24.5 Å². The summed E-state index contributed by atoms with van der Waals surface area (Å²) in [5, 5.41) is 3.58. The Kier molecular flexibility index (Phi) is 4.98. The van der Waals surface area contributed by atoms with Crippen LogP contribution in [0.4, 0.5) is 0 Å². The molecule has 118 valence electrons. The number of rotatable bonds is 5. The molecule has 0 aliphatic carbocycles. The topological polar surface area (TPSA) is 62.6 Å². The highest BCUT2D eigenvalue weighted by molar-refractivity contribution is 5.80. The van der Waals surface area contributed by atoms with Crippen molar-refractivity contribution in [2.45, 2.75) is 32.9 Å². The SMILES string of the molecule is CNC(=O)C[C@@H](C)N(C)Cc1ccc2c(C)cc(=O)oc2c1. The smallest absolute Gasteiger partial charge is 0.336 e. The number of hydrogen-bond acceptors (Lipinski definition) is 4. The maximum atomic E-state index is 11.5. The lowest BCUT2D eigenvalue weighted by atomic mass is 10.1. The Morgan fingerprint density at radius 1 is 1.36 bits per heavy atom. The quantitative estimate of drug-likeness (QED) is 0.859. The van der Waals surface area contributed by atoms with Gasteiger partial charge in [-0.3, -0.25) is 9.69 Å². The highest BCUT2D eigenvalue weighted by Gasteiger charge is 2.14. The van der Waals surface area contributed by atoms with E-state index < -0.39 is 0 Å². The van der Waals surface area contributed by atoms with Gasteiger partial charge in [0.2, 0.25) is 5.91 Å². The van der Waals surface area contributed by atoms with Gasteiger partial charge in [0, 0.05) is 37.5 Å². The van der Waals surface area contributed by atoms with Crippen molar-refractivity contribution in [1.29, 1.82) is 0 Å². The Morgan fingerprint density at radius 3 is 2.77 bits per heavy atom. The first-order valence-corrected chi connectivity index (χ1v) is 7.35. The lowest BCUT2D eigenvalue weighted by Gasteiger charge is -2.24. The average Bonchev–Trinajstić information content (AvgIpc) is 2.46. The van der Waals surface area contributed by atoms with Crippen LogP contribution >= 0.6 is 0 Å². The van der Waals surface area contributed by atoms with E-state index in [-0.39, 0.29) is 17.6 Å². The summed E-state index contributed by atoms with van der Waals surface area (Å²) in [4.78, 5) is 25.0. The largest absolute Gasteiger partial charge is 0.423 e. The van der Waals surface area contributed by atoms with E-state index in [9.17, 15) is 9.59 Å². The molecule has 1 aromatic carbocycles. The molecule has 2 rings (SSSR count). The summed E-state index contributed by atoms with van der Waals surface area (Å²) in [6.07, 6.45) is 0.453. The average molecular weight is 302 g/mol. The molecule has 0 saturated carbocycles. The first kappa shape index (κ1) is 16.2. The van der Waals surface area contributed by atoms with Gasteiger partial charge in [-0.1, -0.05) is 12.1 Å².